The molecule has 25 heavy (non-hydrogen) atoms. The second-order valence-electron chi connectivity index (χ2n) is 5.47. The van der Waals surface area contributed by atoms with Crippen molar-refractivity contribution in [3.8, 4) is 0 Å². The molecule has 0 saturated carbocycles. The molecule has 0 radical (unpaired) electrons. The van der Waals surface area contributed by atoms with Crippen LogP contribution in [-0.4, -0.2) is 69.5 Å². The molecule has 2 rings (SSSR count). The van der Waals surface area contributed by atoms with Gasteiger partial charge in [0.2, 0.25) is 5.91 Å². The number of piperazine rings is 1. The van der Waals surface area contributed by atoms with Gasteiger partial charge in [0.05, 0.1) is 13.2 Å². The summed E-state index contributed by atoms with van der Waals surface area (Å²) in [5.41, 5.74) is 0. The van der Waals surface area contributed by atoms with Crippen molar-refractivity contribution in [2.24, 2.45) is 0 Å². The predicted octanol–water partition coefficient (Wildman–Crippen LogP) is 0.889. The Labute approximate surface area is 151 Å². The minimum atomic E-state index is -3.68. The Morgan fingerprint density at radius 2 is 1.80 bits per heavy atom. The molecule has 1 aromatic rings. The van der Waals surface area contributed by atoms with Gasteiger partial charge in [-0.3, -0.25) is 4.79 Å². The van der Waals surface area contributed by atoms with E-state index in [1.807, 2.05) is 6.92 Å². The molecular weight excluding hydrogens is 366 g/mol. The van der Waals surface area contributed by atoms with Crippen molar-refractivity contribution in [3.05, 3.63) is 17.0 Å². The summed E-state index contributed by atoms with van der Waals surface area (Å²) in [6.07, 6.45) is 0.379. The highest BCUT2D eigenvalue weighted by atomic mass is 32.2. The minimum absolute atomic E-state index is 0.212. The SMILES string of the molecule is CCOC(=O)N1CCN(C(=O)CNS(=O)(=O)c2ccc(CC)s2)CC1. The zero-order valence-corrected chi connectivity index (χ0v) is 16.0. The number of hydrogen-bond acceptors (Lipinski definition) is 6. The number of rotatable bonds is 6. The highest BCUT2D eigenvalue weighted by Gasteiger charge is 2.26. The van der Waals surface area contributed by atoms with Crippen molar-refractivity contribution >= 4 is 33.4 Å². The van der Waals surface area contributed by atoms with Gasteiger partial charge in [-0.05, 0) is 25.5 Å². The Morgan fingerprint density at radius 1 is 1.16 bits per heavy atom. The van der Waals surface area contributed by atoms with Crippen molar-refractivity contribution < 1.29 is 22.7 Å². The number of aryl methyl sites for hydroxylation is 1. The summed E-state index contributed by atoms with van der Waals surface area (Å²) in [5.74, 6) is -0.306. The summed E-state index contributed by atoms with van der Waals surface area (Å²) in [4.78, 5) is 27.9. The molecule has 0 aromatic carbocycles. The van der Waals surface area contributed by atoms with Crippen LogP contribution in [0.5, 0.6) is 0 Å². The van der Waals surface area contributed by atoms with E-state index >= 15 is 0 Å². The van der Waals surface area contributed by atoms with Crippen LogP contribution in [0.3, 0.4) is 0 Å². The lowest BCUT2D eigenvalue weighted by atomic mass is 10.3. The zero-order valence-electron chi connectivity index (χ0n) is 14.4. The number of sulfonamides is 1. The number of hydrogen-bond donors (Lipinski definition) is 1. The molecule has 1 aromatic heterocycles. The quantitative estimate of drug-likeness (QED) is 0.779. The van der Waals surface area contributed by atoms with Crippen LogP contribution >= 0.6 is 11.3 Å². The summed E-state index contributed by atoms with van der Waals surface area (Å²) in [6.45, 7) is 5.18. The average Bonchev–Trinajstić information content (AvgIpc) is 3.10. The molecule has 1 fully saturated rings. The lowest BCUT2D eigenvalue weighted by molar-refractivity contribution is -0.131. The molecule has 8 nitrogen and oxygen atoms in total. The van der Waals surface area contributed by atoms with Gasteiger partial charge in [-0.25, -0.2) is 17.9 Å². The second kappa shape index (κ2) is 8.63. The van der Waals surface area contributed by atoms with E-state index in [1.54, 1.807) is 24.0 Å². The van der Waals surface area contributed by atoms with Gasteiger partial charge in [-0.15, -0.1) is 11.3 Å². The number of thiophene rings is 1. The maximum atomic E-state index is 12.2. The molecule has 1 N–H and O–H groups in total. The highest BCUT2D eigenvalue weighted by molar-refractivity contribution is 7.91. The van der Waals surface area contributed by atoms with E-state index in [0.717, 1.165) is 11.3 Å². The van der Waals surface area contributed by atoms with E-state index in [0.29, 0.717) is 32.8 Å². The van der Waals surface area contributed by atoms with Crippen molar-refractivity contribution in [3.63, 3.8) is 0 Å². The summed E-state index contributed by atoms with van der Waals surface area (Å²) in [7, 11) is -3.68. The molecule has 2 amide bonds. The first-order chi connectivity index (χ1) is 11.9. The molecule has 140 valence electrons. The molecule has 1 saturated heterocycles. The predicted molar refractivity (Wildman–Crippen MR) is 94.1 cm³/mol. The lowest BCUT2D eigenvalue weighted by Gasteiger charge is -2.34. The number of nitrogens with zero attached hydrogens (tertiary/aromatic N) is 2. The molecule has 0 spiro atoms. The fourth-order valence-electron chi connectivity index (χ4n) is 2.39. The largest absolute Gasteiger partial charge is 0.450 e. The number of carbonyl (C=O) groups excluding carboxylic acids is 2. The van der Waals surface area contributed by atoms with Gasteiger partial charge in [-0.2, -0.15) is 0 Å². The van der Waals surface area contributed by atoms with Crippen LogP contribution in [0.15, 0.2) is 16.3 Å². The molecule has 1 aliphatic heterocycles. The van der Waals surface area contributed by atoms with Crippen molar-refractivity contribution in [1.82, 2.24) is 14.5 Å². The van der Waals surface area contributed by atoms with Gasteiger partial charge < -0.3 is 14.5 Å². The van der Waals surface area contributed by atoms with Crippen LogP contribution in [0.25, 0.3) is 0 Å². The normalized spacial score (nSPS) is 15.3. The molecule has 1 aliphatic rings. The Hall–Kier alpha value is -1.65. The monoisotopic (exact) mass is 389 g/mol. The molecule has 0 aliphatic carbocycles. The fraction of sp³-hybridized carbons (Fsp3) is 0.600. The second-order valence-corrected chi connectivity index (χ2v) is 8.63. The van der Waals surface area contributed by atoms with Crippen molar-refractivity contribution in [2.45, 2.75) is 24.5 Å². The van der Waals surface area contributed by atoms with Gasteiger partial charge in [-0.1, -0.05) is 6.92 Å². The van der Waals surface area contributed by atoms with Crippen LogP contribution in [0, 0.1) is 0 Å². The maximum absolute atomic E-state index is 12.2. The van der Waals surface area contributed by atoms with E-state index in [2.05, 4.69) is 4.72 Å². The lowest BCUT2D eigenvalue weighted by Crippen LogP contribution is -2.52. The topological polar surface area (TPSA) is 96.0 Å². The molecular formula is C15H23N3O5S2. The Kier molecular flexibility index (Phi) is 6.79. The summed E-state index contributed by atoms with van der Waals surface area (Å²) in [5, 5.41) is 0. The zero-order chi connectivity index (χ0) is 18.4. The third-order valence-electron chi connectivity index (χ3n) is 3.82. The molecule has 0 bridgehead atoms. The van der Waals surface area contributed by atoms with Crippen LogP contribution in [0.1, 0.15) is 18.7 Å². The van der Waals surface area contributed by atoms with E-state index in [4.69, 9.17) is 4.74 Å². The van der Waals surface area contributed by atoms with Crippen molar-refractivity contribution in [1.29, 1.82) is 0 Å². The summed E-state index contributed by atoms with van der Waals surface area (Å²) < 4.78 is 31.9. The fourth-order valence-corrected chi connectivity index (χ4v) is 4.70. The highest BCUT2D eigenvalue weighted by Crippen LogP contribution is 2.21. The Bertz CT molecular complexity index is 709. The molecule has 0 unspecified atom stereocenters. The standard InChI is InChI=1S/C15H23N3O5S2/c1-3-12-5-6-14(24-12)25(21,22)16-11-13(19)17-7-9-18(10-8-17)15(20)23-4-2/h5-6,16H,3-4,7-11H2,1-2H3. The number of carbonyl (C=O) groups is 2. The van der Waals surface area contributed by atoms with Crippen LogP contribution in [0.4, 0.5) is 4.79 Å². The molecule has 0 atom stereocenters. The van der Waals surface area contributed by atoms with E-state index in [1.165, 1.54) is 16.2 Å². The van der Waals surface area contributed by atoms with Gasteiger partial charge in [0.15, 0.2) is 0 Å². The van der Waals surface area contributed by atoms with E-state index in [-0.39, 0.29) is 22.8 Å². The van der Waals surface area contributed by atoms with Gasteiger partial charge in [0.1, 0.15) is 4.21 Å². The van der Waals surface area contributed by atoms with Crippen LogP contribution in [0.2, 0.25) is 0 Å². The Morgan fingerprint density at radius 3 is 2.36 bits per heavy atom. The minimum Gasteiger partial charge on any atom is -0.450 e. The summed E-state index contributed by atoms with van der Waals surface area (Å²) in [6, 6.07) is 3.32. The molecule has 2 heterocycles. The Balaban J connectivity index is 1.83. The van der Waals surface area contributed by atoms with Crippen LogP contribution in [-0.2, 0) is 26.0 Å². The first kappa shape index (κ1) is 19.7. The third-order valence-corrected chi connectivity index (χ3v) is 6.94. The number of ether oxygens (including phenoxy) is 1. The number of amides is 2. The smallest absolute Gasteiger partial charge is 0.409 e. The first-order valence-electron chi connectivity index (χ1n) is 8.15. The van der Waals surface area contributed by atoms with Crippen LogP contribution < -0.4 is 4.72 Å². The third kappa shape index (κ3) is 5.16. The van der Waals surface area contributed by atoms with Gasteiger partial charge in [0, 0.05) is 31.1 Å². The average molecular weight is 389 g/mol. The summed E-state index contributed by atoms with van der Waals surface area (Å²) >= 11 is 1.20. The van der Waals surface area contributed by atoms with Crippen molar-refractivity contribution in [2.75, 3.05) is 39.3 Å². The van der Waals surface area contributed by atoms with E-state index < -0.39 is 10.0 Å². The van der Waals surface area contributed by atoms with E-state index in [9.17, 15) is 18.0 Å². The molecule has 10 heteroatoms. The van der Waals surface area contributed by atoms with Gasteiger partial charge >= 0.3 is 6.09 Å². The van der Waals surface area contributed by atoms with Gasteiger partial charge in [0.25, 0.3) is 10.0 Å². The number of nitrogens with one attached hydrogen (secondary N) is 1. The maximum Gasteiger partial charge on any atom is 0.409 e. The first-order valence-corrected chi connectivity index (χ1v) is 10.4.